The molecule has 1 saturated heterocycles. The van der Waals surface area contributed by atoms with Crippen LogP contribution in [0.5, 0.6) is 0 Å². The van der Waals surface area contributed by atoms with E-state index in [0.29, 0.717) is 6.04 Å². The number of hydrogen-bond acceptors (Lipinski definition) is 2. The quantitative estimate of drug-likeness (QED) is 0.885. The van der Waals surface area contributed by atoms with Gasteiger partial charge in [0.25, 0.3) is 0 Å². The molecule has 2 heteroatoms. The summed E-state index contributed by atoms with van der Waals surface area (Å²) in [6.07, 6.45) is 2.71. The van der Waals surface area contributed by atoms with E-state index in [1.54, 1.807) is 0 Å². The average Bonchev–Trinajstić information content (AvgIpc) is 2.37. The molecule has 1 aromatic rings. The highest BCUT2D eigenvalue weighted by Gasteiger charge is 2.14. The first-order valence-electron chi connectivity index (χ1n) is 6.96. The highest BCUT2D eigenvalue weighted by molar-refractivity contribution is 7.99. The molecule has 18 heavy (non-hydrogen) atoms. The van der Waals surface area contributed by atoms with Gasteiger partial charge in [-0.05, 0) is 35.1 Å². The highest BCUT2D eigenvalue weighted by Crippen LogP contribution is 2.22. The molecule has 2 rings (SSSR count). The summed E-state index contributed by atoms with van der Waals surface area (Å²) >= 11 is 2.08. The lowest BCUT2D eigenvalue weighted by molar-refractivity contribution is 0.507. The van der Waals surface area contributed by atoms with E-state index in [2.05, 4.69) is 62.1 Å². The van der Waals surface area contributed by atoms with E-state index in [1.165, 1.54) is 35.5 Å². The summed E-state index contributed by atoms with van der Waals surface area (Å²) in [6.45, 7) is 7.80. The number of nitrogens with one attached hydrogen (secondary N) is 1. The lowest BCUT2D eigenvalue weighted by Crippen LogP contribution is -2.33. The van der Waals surface area contributed by atoms with Gasteiger partial charge in [-0.1, -0.05) is 45.0 Å². The maximum atomic E-state index is 3.68. The molecule has 0 spiro atoms. The summed E-state index contributed by atoms with van der Waals surface area (Å²) < 4.78 is 0. The van der Waals surface area contributed by atoms with E-state index in [4.69, 9.17) is 0 Å². The minimum Gasteiger partial charge on any atom is -0.309 e. The van der Waals surface area contributed by atoms with Gasteiger partial charge in [0.05, 0.1) is 0 Å². The molecule has 0 saturated carbocycles. The van der Waals surface area contributed by atoms with Crippen molar-refractivity contribution in [1.82, 2.24) is 5.32 Å². The molecular weight excluding hydrogens is 238 g/mol. The third-order valence-electron chi connectivity index (χ3n) is 3.58. The molecule has 1 heterocycles. The van der Waals surface area contributed by atoms with Crippen LogP contribution < -0.4 is 5.32 Å². The van der Waals surface area contributed by atoms with E-state index in [-0.39, 0.29) is 5.41 Å². The molecule has 1 unspecified atom stereocenters. The summed E-state index contributed by atoms with van der Waals surface area (Å²) in [5, 5.41) is 3.68. The Balaban J connectivity index is 1.86. The van der Waals surface area contributed by atoms with Crippen molar-refractivity contribution < 1.29 is 0 Å². The Bertz CT molecular complexity index is 358. The molecule has 1 aromatic carbocycles. The van der Waals surface area contributed by atoms with E-state index in [9.17, 15) is 0 Å². The zero-order valence-corrected chi connectivity index (χ0v) is 12.6. The van der Waals surface area contributed by atoms with Crippen molar-refractivity contribution in [2.45, 2.75) is 51.6 Å². The molecule has 0 amide bonds. The standard InChI is InChI=1S/C16H25NS/c1-16(2,3)14-8-6-13(7-9-14)11-17-15-5-4-10-18-12-15/h6-9,15,17H,4-5,10-12H2,1-3H3. The van der Waals surface area contributed by atoms with E-state index in [0.717, 1.165) is 6.54 Å². The lowest BCUT2D eigenvalue weighted by atomic mass is 9.87. The van der Waals surface area contributed by atoms with E-state index < -0.39 is 0 Å². The minimum absolute atomic E-state index is 0.256. The molecule has 1 aliphatic heterocycles. The number of thioether (sulfide) groups is 1. The monoisotopic (exact) mass is 263 g/mol. The second-order valence-electron chi connectivity index (χ2n) is 6.24. The van der Waals surface area contributed by atoms with E-state index in [1.807, 2.05) is 0 Å². The van der Waals surface area contributed by atoms with Gasteiger partial charge in [-0.25, -0.2) is 0 Å². The summed E-state index contributed by atoms with van der Waals surface area (Å²) in [6, 6.07) is 9.79. The van der Waals surface area contributed by atoms with Crippen LogP contribution in [0.4, 0.5) is 0 Å². The number of hydrogen-bond donors (Lipinski definition) is 1. The van der Waals surface area contributed by atoms with Crippen LogP contribution in [0.3, 0.4) is 0 Å². The zero-order chi connectivity index (χ0) is 13.0. The maximum absolute atomic E-state index is 3.68. The van der Waals surface area contributed by atoms with Gasteiger partial charge in [0.2, 0.25) is 0 Å². The molecule has 1 N–H and O–H groups in total. The second-order valence-corrected chi connectivity index (χ2v) is 7.39. The fourth-order valence-corrected chi connectivity index (χ4v) is 3.39. The van der Waals surface area contributed by atoms with Crippen LogP contribution in [-0.2, 0) is 12.0 Å². The fraction of sp³-hybridized carbons (Fsp3) is 0.625. The molecule has 0 aromatic heterocycles. The third kappa shape index (κ3) is 4.03. The normalized spacial score (nSPS) is 20.9. The van der Waals surface area contributed by atoms with Gasteiger partial charge in [-0.3, -0.25) is 0 Å². The third-order valence-corrected chi connectivity index (χ3v) is 4.79. The summed E-state index contributed by atoms with van der Waals surface area (Å²) in [5.41, 5.74) is 3.07. The minimum atomic E-state index is 0.256. The van der Waals surface area contributed by atoms with Crippen LogP contribution in [0.15, 0.2) is 24.3 Å². The first-order chi connectivity index (χ1) is 8.55. The molecule has 1 aliphatic rings. The Morgan fingerprint density at radius 1 is 1.22 bits per heavy atom. The highest BCUT2D eigenvalue weighted by atomic mass is 32.2. The number of benzene rings is 1. The Kier molecular flexibility index (Phi) is 4.74. The Morgan fingerprint density at radius 3 is 2.50 bits per heavy atom. The first-order valence-corrected chi connectivity index (χ1v) is 8.12. The lowest BCUT2D eigenvalue weighted by Gasteiger charge is -2.23. The van der Waals surface area contributed by atoms with Gasteiger partial charge in [0, 0.05) is 18.3 Å². The summed E-state index contributed by atoms with van der Waals surface area (Å²) in [7, 11) is 0. The van der Waals surface area contributed by atoms with Crippen molar-refractivity contribution in [2.75, 3.05) is 11.5 Å². The van der Waals surface area contributed by atoms with E-state index >= 15 is 0 Å². The van der Waals surface area contributed by atoms with Crippen LogP contribution in [0, 0.1) is 0 Å². The Labute approximate surface area is 116 Å². The predicted octanol–water partition coefficient (Wildman–Crippen LogP) is 3.97. The maximum Gasteiger partial charge on any atom is 0.0208 e. The van der Waals surface area contributed by atoms with Crippen LogP contribution in [0.2, 0.25) is 0 Å². The van der Waals surface area contributed by atoms with Crippen LogP contribution in [-0.4, -0.2) is 17.5 Å². The van der Waals surface area contributed by atoms with Crippen LogP contribution in [0.25, 0.3) is 0 Å². The molecular formula is C16H25NS. The van der Waals surface area contributed by atoms with Gasteiger partial charge >= 0.3 is 0 Å². The first kappa shape index (κ1) is 14.0. The molecule has 1 fully saturated rings. The molecule has 0 bridgehead atoms. The van der Waals surface area contributed by atoms with Crippen LogP contribution >= 0.6 is 11.8 Å². The zero-order valence-electron chi connectivity index (χ0n) is 11.8. The Morgan fingerprint density at radius 2 is 1.94 bits per heavy atom. The van der Waals surface area contributed by atoms with Crippen molar-refractivity contribution in [2.24, 2.45) is 0 Å². The van der Waals surface area contributed by atoms with Crippen molar-refractivity contribution in [3.63, 3.8) is 0 Å². The SMILES string of the molecule is CC(C)(C)c1ccc(CNC2CCCSC2)cc1. The Hall–Kier alpha value is -0.470. The summed E-state index contributed by atoms with van der Waals surface area (Å²) in [5.74, 6) is 2.62. The van der Waals surface area contributed by atoms with Crippen LogP contribution in [0.1, 0.15) is 44.7 Å². The molecule has 100 valence electrons. The second kappa shape index (κ2) is 6.12. The summed E-state index contributed by atoms with van der Waals surface area (Å²) in [4.78, 5) is 0. The number of rotatable bonds is 3. The molecule has 1 nitrogen and oxygen atoms in total. The molecule has 0 radical (unpaired) electrons. The average molecular weight is 263 g/mol. The van der Waals surface area contributed by atoms with Gasteiger partial charge in [-0.2, -0.15) is 11.8 Å². The fourth-order valence-electron chi connectivity index (χ4n) is 2.29. The van der Waals surface area contributed by atoms with Crippen molar-refractivity contribution in [3.05, 3.63) is 35.4 Å². The molecule has 0 aliphatic carbocycles. The van der Waals surface area contributed by atoms with Crippen molar-refractivity contribution >= 4 is 11.8 Å². The molecule has 1 atom stereocenters. The largest absolute Gasteiger partial charge is 0.309 e. The smallest absolute Gasteiger partial charge is 0.0208 e. The van der Waals surface area contributed by atoms with Gasteiger partial charge in [-0.15, -0.1) is 0 Å². The topological polar surface area (TPSA) is 12.0 Å². The van der Waals surface area contributed by atoms with Crippen molar-refractivity contribution in [3.8, 4) is 0 Å². The predicted molar refractivity (Wildman–Crippen MR) is 82.3 cm³/mol. The van der Waals surface area contributed by atoms with Gasteiger partial charge in [0.1, 0.15) is 0 Å². The van der Waals surface area contributed by atoms with Gasteiger partial charge in [0.15, 0.2) is 0 Å². The van der Waals surface area contributed by atoms with Crippen molar-refractivity contribution in [1.29, 1.82) is 0 Å². The van der Waals surface area contributed by atoms with Gasteiger partial charge < -0.3 is 5.32 Å².